The van der Waals surface area contributed by atoms with E-state index in [0.29, 0.717) is 6.42 Å². The van der Waals surface area contributed by atoms with Crippen LogP contribution < -0.4 is 5.73 Å². The van der Waals surface area contributed by atoms with Crippen molar-refractivity contribution in [3.8, 4) is 0 Å². The minimum Gasteiger partial charge on any atom is -0.462 e. The fourth-order valence-electron chi connectivity index (χ4n) is 7.49. The van der Waals surface area contributed by atoms with Crippen LogP contribution in [-0.4, -0.2) is 49.3 Å². The van der Waals surface area contributed by atoms with Gasteiger partial charge in [0.05, 0.1) is 13.2 Å². The maximum absolute atomic E-state index is 12.6. The van der Waals surface area contributed by atoms with Gasteiger partial charge in [0, 0.05) is 19.4 Å². The number of carbonyl (C=O) groups is 2. The van der Waals surface area contributed by atoms with E-state index >= 15 is 0 Å². The van der Waals surface area contributed by atoms with Gasteiger partial charge in [0.25, 0.3) is 0 Å². The standard InChI is InChI=1S/C55H100NO8P/c1-3-5-7-9-10-11-12-13-14-15-16-17-18-19-20-21-22-23-24-25-26-27-28-29-30-31-32-33-34-35-36-37-38-39-40-41-42-44-46-48-55(58)64-53(52-63-65(59,60)62-50-49-56)51-61-54(57)47-45-43-8-6-4-2/h5,7,10-11,13-14,16-17,19-20,53H,3-4,6,8-9,12,15,18,21-52,56H2,1-2H3,(H,59,60)/b7-5-,11-10-,14-13-,17-16-,20-19-. The molecule has 0 rings (SSSR count). The van der Waals surface area contributed by atoms with Crippen molar-refractivity contribution >= 4 is 19.8 Å². The van der Waals surface area contributed by atoms with E-state index in [9.17, 15) is 19.0 Å². The van der Waals surface area contributed by atoms with Crippen molar-refractivity contribution in [1.82, 2.24) is 0 Å². The average Bonchev–Trinajstić information content (AvgIpc) is 3.30. The molecule has 65 heavy (non-hydrogen) atoms. The summed E-state index contributed by atoms with van der Waals surface area (Å²) in [4.78, 5) is 34.6. The molecule has 0 aromatic heterocycles. The minimum atomic E-state index is -4.37. The van der Waals surface area contributed by atoms with Crippen LogP contribution in [0, 0.1) is 0 Å². The third kappa shape index (κ3) is 51.0. The number of hydrogen-bond donors (Lipinski definition) is 2. The van der Waals surface area contributed by atoms with Gasteiger partial charge in [-0.15, -0.1) is 0 Å². The SMILES string of the molecule is CC/C=C\C/C=C\C/C=C\C/C=C\C/C=C\CCCCCCCCCCCCCCCCCCCCCCCCCC(=O)OC(COC(=O)CCCCCCC)COP(=O)(O)OCCN. The van der Waals surface area contributed by atoms with Crippen LogP contribution in [-0.2, 0) is 32.7 Å². The first-order chi connectivity index (χ1) is 31.8. The lowest BCUT2D eigenvalue weighted by Crippen LogP contribution is -2.29. The summed E-state index contributed by atoms with van der Waals surface area (Å²) < 4.78 is 32.6. The number of nitrogens with two attached hydrogens (primary N) is 1. The van der Waals surface area contributed by atoms with Crippen molar-refractivity contribution in [3.63, 3.8) is 0 Å². The molecule has 0 heterocycles. The Hall–Kier alpha value is -2.29. The van der Waals surface area contributed by atoms with E-state index in [0.717, 1.165) is 77.0 Å². The molecular formula is C55H100NO8P. The molecule has 0 aliphatic heterocycles. The molecule has 10 heteroatoms. The van der Waals surface area contributed by atoms with Gasteiger partial charge in [0.2, 0.25) is 0 Å². The Balaban J connectivity index is 3.64. The minimum absolute atomic E-state index is 0.0545. The summed E-state index contributed by atoms with van der Waals surface area (Å²) in [5.41, 5.74) is 5.34. The molecule has 0 saturated carbocycles. The summed E-state index contributed by atoms with van der Waals surface area (Å²) in [6.45, 7) is 3.54. The zero-order valence-corrected chi connectivity index (χ0v) is 42.9. The Kier molecular flexibility index (Phi) is 49.3. The van der Waals surface area contributed by atoms with Gasteiger partial charge >= 0.3 is 19.8 Å². The van der Waals surface area contributed by atoms with Gasteiger partial charge in [-0.3, -0.25) is 18.6 Å². The number of rotatable bonds is 50. The second-order valence-electron chi connectivity index (χ2n) is 17.7. The van der Waals surface area contributed by atoms with Crippen LogP contribution in [0.1, 0.15) is 245 Å². The molecule has 378 valence electrons. The quantitative estimate of drug-likeness (QED) is 0.0265. The van der Waals surface area contributed by atoms with Crippen molar-refractivity contribution in [3.05, 3.63) is 60.8 Å². The lowest BCUT2D eigenvalue weighted by Gasteiger charge is -2.19. The molecule has 0 amide bonds. The van der Waals surface area contributed by atoms with Crippen LogP contribution in [0.15, 0.2) is 60.8 Å². The third-order valence-corrected chi connectivity index (χ3v) is 12.4. The molecule has 9 nitrogen and oxygen atoms in total. The second-order valence-corrected chi connectivity index (χ2v) is 19.2. The van der Waals surface area contributed by atoms with Crippen molar-refractivity contribution in [1.29, 1.82) is 0 Å². The normalized spacial score (nSPS) is 13.6. The summed E-state index contributed by atoms with van der Waals surface area (Å²) in [5.74, 6) is -0.835. The van der Waals surface area contributed by atoms with E-state index in [2.05, 4.69) is 74.6 Å². The molecule has 0 fully saturated rings. The first-order valence-corrected chi connectivity index (χ1v) is 28.3. The van der Waals surface area contributed by atoms with Crippen molar-refractivity contribution < 1.29 is 37.6 Å². The van der Waals surface area contributed by atoms with E-state index in [1.807, 2.05) is 0 Å². The van der Waals surface area contributed by atoms with Gasteiger partial charge in [-0.25, -0.2) is 4.57 Å². The van der Waals surface area contributed by atoms with Gasteiger partial charge in [0.15, 0.2) is 6.10 Å². The predicted molar refractivity (Wildman–Crippen MR) is 275 cm³/mol. The molecule has 2 atom stereocenters. The first kappa shape index (κ1) is 62.7. The van der Waals surface area contributed by atoms with Gasteiger partial charge < -0.3 is 20.1 Å². The van der Waals surface area contributed by atoms with Gasteiger partial charge in [-0.1, -0.05) is 235 Å². The van der Waals surface area contributed by atoms with Crippen LogP contribution in [0.4, 0.5) is 0 Å². The second kappa shape index (κ2) is 51.1. The smallest absolute Gasteiger partial charge is 0.462 e. The number of unbranched alkanes of at least 4 members (excludes halogenated alkanes) is 27. The Labute approximate surface area is 399 Å². The maximum atomic E-state index is 12.6. The zero-order chi connectivity index (χ0) is 47.4. The number of phosphoric acid groups is 1. The van der Waals surface area contributed by atoms with E-state index in [-0.39, 0.29) is 32.6 Å². The topological polar surface area (TPSA) is 134 Å². The van der Waals surface area contributed by atoms with E-state index in [4.69, 9.17) is 24.3 Å². The Bertz CT molecular complexity index is 1250. The molecule has 0 bridgehead atoms. The lowest BCUT2D eigenvalue weighted by atomic mass is 10.0. The highest BCUT2D eigenvalue weighted by molar-refractivity contribution is 7.47. The van der Waals surface area contributed by atoms with Gasteiger partial charge in [-0.05, 0) is 57.8 Å². The van der Waals surface area contributed by atoms with E-state index in [1.54, 1.807) is 0 Å². The molecule has 0 aliphatic carbocycles. The third-order valence-electron chi connectivity index (χ3n) is 11.4. The van der Waals surface area contributed by atoms with E-state index in [1.165, 1.54) is 135 Å². The number of esters is 2. The summed E-state index contributed by atoms with van der Waals surface area (Å²) >= 11 is 0. The fraction of sp³-hybridized carbons (Fsp3) is 0.782. The number of ether oxygens (including phenoxy) is 2. The Morgan fingerprint density at radius 3 is 1.26 bits per heavy atom. The van der Waals surface area contributed by atoms with Crippen LogP contribution in [0.25, 0.3) is 0 Å². The monoisotopic (exact) mass is 934 g/mol. The average molecular weight is 934 g/mol. The highest BCUT2D eigenvalue weighted by atomic mass is 31.2. The number of carbonyl (C=O) groups excluding carboxylic acids is 2. The summed E-state index contributed by atoms with van der Waals surface area (Å²) in [7, 11) is -4.37. The predicted octanol–water partition coefficient (Wildman–Crippen LogP) is 16.4. The lowest BCUT2D eigenvalue weighted by molar-refractivity contribution is -0.161. The molecule has 0 radical (unpaired) electrons. The van der Waals surface area contributed by atoms with Crippen LogP contribution in [0.2, 0.25) is 0 Å². The largest absolute Gasteiger partial charge is 0.472 e. The molecule has 0 aliphatic rings. The molecular weight excluding hydrogens is 834 g/mol. The van der Waals surface area contributed by atoms with Crippen LogP contribution in [0.5, 0.6) is 0 Å². The molecule has 0 spiro atoms. The molecule has 0 aromatic carbocycles. The van der Waals surface area contributed by atoms with Gasteiger partial charge in [-0.2, -0.15) is 0 Å². The molecule has 2 unspecified atom stereocenters. The van der Waals surface area contributed by atoms with Crippen molar-refractivity contribution in [2.75, 3.05) is 26.4 Å². The summed E-state index contributed by atoms with van der Waals surface area (Å²) in [5, 5.41) is 0. The van der Waals surface area contributed by atoms with Crippen LogP contribution >= 0.6 is 7.82 Å². The highest BCUT2D eigenvalue weighted by Crippen LogP contribution is 2.43. The molecule has 3 N–H and O–H groups in total. The summed E-state index contributed by atoms with van der Waals surface area (Å²) in [6.07, 6.45) is 63.6. The Morgan fingerprint density at radius 2 is 0.846 bits per heavy atom. The Morgan fingerprint density at radius 1 is 0.477 bits per heavy atom. The van der Waals surface area contributed by atoms with Crippen LogP contribution in [0.3, 0.4) is 0 Å². The van der Waals surface area contributed by atoms with Gasteiger partial charge in [0.1, 0.15) is 6.61 Å². The number of allylic oxidation sites excluding steroid dienone is 10. The number of hydrogen-bond acceptors (Lipinski definition) is 8. The fourth-order valence-corrected chi connectivity index (χ4v) is 8.25. The molecule has 0 aromatic rings. The molecule has 0 saturated heterocycles. The highest BCUT2D eigenvalue weighted by Gasteiger charge is 2.26. The maximum Gasteiger partial charge on any atom is 0.472 e. The number of phosphoric ester groups is 1. The van der Waals surface area contributed by atoms with E-state index < -0.39 is 32.5 Å². The van der Waals surface area contributed by atoms with Crippen molar-refractivity contribution in [2.45, 2.75) is 251 Å². The first-order valence-electron chi connectivity index (χ1n) is 26.8. The van der Waals surface area contributed by atoms with Crippen molar-refractivity contribution in [2.24, 2.45) is 5.73 Å². The summed E-state index contributed by atoms with van der Waals surface area (Å²) in [6, 6.07) is 0. The zero-order valence-electron chi connectivity index (χ0n) is 42.0.